The van der Waals surface area contributed by atoms with Gasteiger partial charge in [0.05, 0.1) is 16.3 Å². The zero-order chi connectivity index (χ0) is 14.5. The molecule has 0 aliphatic rings. The number of carbonyl (C=O) groups excluding carboxylic acids is 1. The Hall–Kier alpha value is -1.64. The number of aromatic nitrogens is 1. The van der Waals surface area contributed by atoms with E-state index in [1.807, 2.05) is 19.1 Å². The van der Waals surface area contributed by atoms with E-state index in [1.54, 1.807) is 12.1 Å². The Bertz CT molecular complexity index is 662. The van der Waals surface area contributed by atoms with Crippen LogP contribution in [0.15, 0.2) is 18.2 Å². The van der Waals surface area contributed by atoms with Crippen molar-refractivity contribution in [2.24, 2.45) is 0 Å². The molecule has 0 saturated heterocycles. The van der Waals surface area contributed by atoms with Crippen LogP contribution in [0.3, 0.4) is 0 Å². The first-order valence-electron chi connectivity index (χ1n) is 6.39. The highest BCUT2D eigenvalue weighted by molar-refractivity contribution is 7.18. The minimum atomic E-state index is -0.858. The van der Waals surface area contributed by atoms with E-state index in [0.29, 0.717) is 16.6 Å². The maximum absolute atomic E-state index is 12.0. The number of benzene rings is 1. The molecule has 1 aromatic heterocycles. The number of thiazole rings is 1. The van der Waals surface area contributed by atoms with Crippen molar-refractivity contribution in [1.82, 2.24) is 10.3 Å². The molecule has 0 fully saturated rings. The maximum Gasteiger partial charge on any atom is 0.244 e. The van der Waals surface area contributed by atoms with Crippen LogP contribution >= 0.6 is 22.9 Å². The van der Waals surface area contributed by atoms with Crippen molar-refractivity contribution in [2.45, 2.75) is 25.7 Å². The molecule has 1 unspecified atom stereocenters. The summed E-state index contributed by atoms with van der Waals surface area (Å²) in [5, 5.41) is 13.1. The lowest BCUT2D eigenvalue weighted by atomic mass is 10.1. The van der Waals surface area contributed by atoms with Gasteiger partial charge in [0.2, 0.25) is 5.91 Å². The highest BCUT2D eigenvalue weighted by atomic mass is 35.5. The predicted molar refractivity (Wildman–Crippen MR) is 80.9 cm³/mol. The van der Waals surface area contributed by atoms with E-state index in [-0.39, 0.29) is 5.91 Å². The molecule has 1 N–H and O–H groups in total. The Morgan fingerprint density at radius 2 is 2.40 bits per heavy atom. The van der Waals surface area contributed by atoms with Crippen LogP contribution in [0.1, 0.15) is 30.7 Å². The van der Waals surface area contributed by atoms with E-state index in [9.17, 15) is 10.1 Å². The van der Waals surface area contributed by atoms with Gasteiger partial charge in [0.25, 0.3) is 0 Å². The summed E-state index contributed by atoms with van der Waals surface area (Å²) in [6.45, 7) is 2.63. The third kappa shape index (κ3) is 3.27. The van der Waals surface area contributed by atoms with Crippen LogP contribution in [0.2, 0.25) is 5.02 Å². The number of halogens is 1. The molecule has 0 aliphatic heterocycles. The molecule has 0 saturated carbocycles. The number of rotatable bonds is 5. The average Bonchev–Trinajstić information content (AvgIpc) is 2.82. The number of unbranched alkanes of at least 4 members (excludes halogenated alkanes) is 1. The van der Waals surface area contributed by atoms with Gasteiger partial charge in [-0.2, -0.15) is 5.26 Å². The lowest BCUT2D eigenvalue weighted by molar-refractivity contribution is -0.121. The smallest absolute Gasteiger partial charge is 0.244 e. The number of nitrogens with one attached hydrogen (secondary N) is 1. The SMILES string of the molecule is CCCCNC(=O)C(C#N)c1nc2cc(Cl)ccc2s1. The first kappa shape index (κ1) is 14.8. The predicted octanol–water partition coefficient (Wildman–Crippen LogP) is 3.47. The molecule has 0 bridgehead atoms. The van der Waals surface area contributed by atoms with E-state index in [2.05, 4.69) is 10.3 Å². The molecule has 0 radical (unpaired) electrons. The van der Waals surface area contributed by atoms with Gasteiger partial charge in [0, 0.05) is 11.6 Å². The van der Waals surface area contributed by atoms with Crippen LogP contribution in [0.25, 0.3) is 10.2 Å². The fourth-order valence-electron chi connectivity index (χ4n) is 1.76. The van der Waals surface area contributed by atoms with E-state index in [0.717, 1.165) is 23.1 Å². The molecule has 20 heavy (non-hydrogen) atoms. The lowest BCUT2D eigenvalue weighted by Gasteiger charge is -2.06. The van der Waals surface area contributed by atoms with Gasteiger partial charge in [-0.1, -0.05) is 24.9 Å². The van der Waals surface area contributed by atoms with Crippen LogP contribution in [-0.4, -0.2) is 17.4 Å². The highest BCUT2D eigenvalue weighted by Gasteiger charge is 2.23. The van der Waals surface area contributed by atoms with Crippen LogP contribution in [0, 0.1) is 11.3 Å². The second kappa shape index (κ2) is 6.69. The van der Waals surface area contributed by atoms with Gasteiger partial charge in [-0.05, 0) is 24.6 Å². The van der Waals surface area contributed by atoms with Crippen LogP contribution in [0.4, 0.5) is 0 Å². The van der Waals surface area contributed by atoms with Gasteiger partial charge in [-0.15, -0.1) is 11.3 Å². The summed E-state index contributed by atoms with van der Waals surface area (Å²) in [6, 6.07) is 7.38. The third-order valence-corrected chi connectivity index (χ3v) is 4.17. The minimum absolute atomic E-state index is 0.286. The molecule has 2 aromatic rings. The topological polar surface area (TPSA) is 65.8 Å². The number of carbonyl (C=O) groups is 1. The molecule has 6 heteroatoms. The Balaban J connectivity index is 2.21. The molecule has 104 valence electrons. The standard InChI is InChI=1S/C14H14ClN3OS/c1-2-3-6-17-13(19)10(8-16)14-18-11-7-9(15)4-5-12(11)20-14/h4-5,7,10H,2-3,6H2,1H3,(H,17,19). The van der Waals surface area contributed by atoms with E-state index in [1.165, 1.54) is 11.3 Å². The second-order valence-electron chi connectivity index (χ2n) is 4.37. The zero-order valence-electron chi connectivity index (χ0n) is 11.0. The molecule has 4 nitrogen and oxygen atoms in total. The van der Waals surface area contributed by atoms with Crippen LogP contribution in [-0.2, 0) is 4.79 Å². The number of nitrogens with zero attached hydrogens (tertiary/aromatic N) is 2. The summed E-state index contributed by atoms with van der Waals surface area (Å²) in [4.78, 5) is 16.3. The number of fused-ring (bicyclic) bond motifs is 1. The van der Waals surface area contributed by atoms with Gasteiger partial charge in [-0.25, -0.2) is 4.98 Å². The van der Waals surface area contributed by atoms with E-state index >= 15 is 0 Å². The molecule has 2 rings (SSSR count). The molecule has 0 spiro atoms. The second-order valence-corrected chi connectivity index (χ2v) is 5.87. The minimum Gasteiger partial charge on any atom is -0.355 e. The molecule has 1 heterocycles. The van der Waals surface area contributed by atoms with Crippen LogP contribution < -0.4 is 5.32 Å². The van der Waals surface area contributed by atoms with Crippen molar-refractivity contribution >= 4 is 39.1 Å². The monoisotopic (exact) mass is 307 g/mol. The summed E-state index contributed by atoms with van der Waals surface area (Å²) in [7, 11) is 0. The molecule has 0 aliphatic carbocycles. The number of hydrogen-bond donors (Lipinski definition) is 1. The summed E-state index contributed by atoms with van der Waals surface area (Å²) in [6.07, 6.45) is 1.90. The lowest BCUT2D eigenvalue weighted by Crippen LogP contribution is -2.29. The number of nitriles is 1. The average molecular weight is 308 g/mol. The quantitative estimate of drug-likeness (QED) is 0.860. The van der Waals surface area contributed by atoms with Gasteiger partial charge >= 0.3 is 0 Å². The van der Waals surface area contributed by atoms with Crippen molar-refractivity contribution in [3.8, 4) is 6.07 Å². The van der Waals surface area contributed by atoms with E-state index < -0.39 is 5.92 Å². The number of amides is 1. The highest BCUT2D eigenvalue weighted by Crippen LogP contribution is 2.29. The van der Waals surface area contributed by atoms with Crippen molar-refractivity contribution in [3.63, 3.8) is 0 Å². The van der Waals surface area contributed by atoms with Gasteiger partial charge < -0.3 is 5.32 Å². The normalized spacial score (nSPS) is 12.1. The first-order valence-corrected chi connectivity index (χ1v) is 7.58. The maximum atomic E-state index is 12.0. The molecular formula is C14H14ClN3OS. The van der Waals surface area contributed by atoms with Crippen molar-refractivity contribution < 1.29 is 4.79 Å². The van der Waals surface area contributed by atoms with Crippen molar-refractivity contribution in [3.05, 3.63) is 28.2 Å². The Morgan fingerprint density at radius 3 is 3.10 bits per heavy atom. The first-order chi connectivity index (χ1) is 9.65. The fraction of sp³-hybridized carbons (Fsp3) is 0.357. The largest absolute Gasteiger partial charge is 0.355 e. The Morgan fingerprint density at radius 1 is 1.60 bits per heavy atom. The summed E-state index contributed by atoms with van der Waals surface area (Å²) in [5.74, 6) is -1.14. The van der Waals surface area contributed by atoms with Crippen molar-refractivity contribution in [1.29, 1.82) is 5.26 Å². The van der Waals surface area contributed by atoms with Gasteiger partial charge in [-0.3, -0.25) is 4.79 Å². The summed E-state index contributed by atoms with van der Waals surface area (Å²) in [5.41, 5.74) is 0.721. The Kier molecular flexibility index (Phi) is 4.94. The van der Waals surface area contributed by atoms with Crippen LogP contribution in [0.5, 0.6) is 0 Å². The van der Waals surface area contributed by atoms with Gasteiger partial charge in [0.15, 0.2) is 5.92 Å². The number of hydrogen-bond acceptors (Lipinski definition) is 4. The summed E-state index contributed by atoms with van der Waals surface area (Å²) < 4.78 is 0.922. The Labute approximate surface area is 126 Å². The van der Waals surface area contributed by atoms with Crippen molar-refractivity contribution in [2.75, 3.05) is 6.54 Å². The molecule has 1 atom stereocenters. The summed E-state index contributed by atoms with van der Waals surface area (Å²) >= 11 is 7.26. The fourth-order valence-corrected chi connectivity index (χ4v) is 2.92. The molecule has 1 aromatic carbocycles. The van der Waals surface area contributed by atoms with Gasteiger partial charge in [0.1, 0.15) is 5.01 Å². The zero-order valence-corrected chi connectivity index (χ0v) is 12.6. The molecule has 1 amide bonds. The van der Waals surface area contributed by atoms with E-state index in [4.69, 9.17) is 11.6 Å². The third-order valence-electron chi connectivity index (χ3n) is 2.83. The molecular weight excluding hydrogens is 294 g/mol.